The van der Waals surface area contributed by atoms with Crippen LogP contribution in [0.5, 0.6) is 5.75 Å². The second kappa shape index (κ2) is 8.10. The van der Waals surface area contributed by atoms with Crippen LogP contribution in [0.3, 0.4) is 0 Å². The number of hydrogen-bond donors (Lipinski definition) is 1. The van der Waals surface area contributed by atoms with Gasteiger partial charge in [-0.1, -0.05) is 48.9 Å². The highest BCUT2D eigenvalue weighted by Crippen LogP contribution is 2.36. The van der Waals surface area contributed by atoms with E-state index < -0.39 is 28.8 Å². The van der Waals surface area contributed by atoms with E-state index in [0.717, 1.165) is 22.9 Å². The number of carbonyl (C=O) groups excluding carboxylic acids is 1. The van der Waals surface area contributed by atoms with Gasteiger partial charge in [-0.2, -0.15) is 13.2 Å². The third-order valence-corrected chi connectivity index (χ3v) is 4.53. The predicted octanol–water partition coefficient (Wildman–Crippen LogP) is 6.31. The molecule has 1 amide bonds. The van der Waals surface area contributed by atoms with Gasteiger partial charge in [0.1, 0.15) is 5.75 Å². The summed E-state index contributed by atoms with van der Waals surface area (Å²) in [5.74, 6) is -0.0288. The number of amides is 1. The maximum absolute atomic E-state index is 13.0. The molecule has 0 aliphatic heterocycles. The van der Waals surface area contributed by atoms with Gasteiger partial charge in [0.05, 0.1) is 10.6 Å². The second-order valence-electron chi connectivity index (χ2n) is 6.21. The van der Waals surface area contributed by atoms with Crippen LogP contribution >= 0.6 is 11.6 Å². The molecule has 0 bridgehead atoms. The maximum Gasteiger partial charge on any atom is 0.417 e. The van der Waals surface area contributed by atoms with Gasteiger partial charge in [0.25, 0.3) is 5.91 Å². The van der Waals surface area contributed by atoms with Gasteiger partial charge in [-0.05, 0) is 47.5 Å². The normalized spacial score (nSPS) is 12.6. The SMILES string of the molecule is CC[C@H](Oc1ccc2ccccc2c1)C(=O)Nc1ccc(Cl)c(C(F)(F)F)c1. The molecule has 0 aromatic heterocycles. The quantitative estimate of drug-likeness (QED) is 0.538. The Bertz CT molecular complexity index is 1000. The fourth-order valence-electron chi connectivity index (χ4n) is 2.77. The van der Waals surface area contributed by atoms with E-state index >= 15 is 0 Å². The molecule has 3 aromatic rings. The highest BCUT2D eigenvalue weighted by atomic mass is 35.5. The average Bonchev–Trinajstić information content (AvgIpc) is 2.66. The van der Waals surface area contributed by atoms with Gasteiger partial charge in [-0.15, -0.1) is 0 Å². The molecule has 3 rings (SSSR count). The molecule has 1 N–H and O–H groups in total. The molecule has 7 heteroatoms. The van der Waals surface area contributed by atoms with E-state index in [2.05, 4.69) is 5.32 Å². The number of carbonyl (C=O) groups is 1. The minimum Gasteiger partial charge on any atom is -0.481 e. The highest BCUT2D eigenvalue weighted by Gasteiger charge is 2.33. The number of alkyl halides is 3. The summed E-state index contributed by atoms with van der Waals surface area (Å²) in [6, 6.07) is 16.4. The Morgan fingerprint density at radius 1 is 1.07 bits per heavy atom. The van der Waals surface area contributed by atoms with Gasteiger partial charge in [-0.3, -0.25) is 4.79 Å². The van der Waals surface area contributed by atoms with Crippen molar-refractivity contribution in [1.82, 2.24) is 0 Å². The lowest BCUT2D eigenvalue weighted by molar-refractivity contribution is -0.137. The zero-order valence-corrected chi connectivity index (χ0v) is 15.6. The minimum absolute atomic E-state index is 0.00212. The van der Waals surface area contributed by atoms with Gasteiger partial charge in [-0.25, -0.2) is 0 Å². The first kappa shape index (κ1) is 20.0. The summed E-state index contributed by atoms with van der Waals surface area (Å²) in [5, 5.41) is 4.04. The van der Waals surface area contributed by atoms with Crippen molar-refractivity contribution in [3.05, 3.63) is 71.2 Å². The summed E-state index contributed by atoms with van der Waals surface area (Å²) in [4.78, 5) is 12.5. The Labute approximate surface area is 165 Å². The van der Waals surface area contributed by atoms with Crippen LogP contribution < -0.4 is 10.1 Å². The number of ether oxygens (including phenoxy) is 1. The van der Waals surface area contributed by atoms with Crippen LogP contribution in [0.15, 0.2) is 60.7 Å². The number of halogens is 4. The molecule has 146 valence electrons. The molecular weight excluding hydrogens is 391 g/mol. The molecular formula is C21H17ClF3NO2. The maximum atomic E-state index is 13.0. The molecule has 0 aliphatic rings. The van der Waals surface area contributed by atoms with E-state index in [-0.39, 0.29) is 5.69 Å². The van der Waals surface area contributed by atoms with Gasteiger partial charge in [0.2, 0.25) is 0 Å². The van der Waals surface area contributed by atoms with Crippen molar-refractivity contribution in [3.8, 4) is 5.75 Å². The molecule has 0 saturated carbocycles. The van der Waals surface area contributed by atoms with Crippen LogP contribution in [0.25, 0.3) is 10.8 Å². The molecule has 0 aliphatic carbocycles. The average molecular weight is 408 g/mol. The Kier molecular flexibility index (Phi) is 5.79. The van der Waals surface area contributed by atoms with Crippen molar-refractivity contribution in [2.75, 3.05) is 5.32 Å². The zero-order valence-electron chi connectivity index (χ0n) is 14.9. The third kappa shape index (κ3) is 4.57. The van der Waals surface area contributed by atoms with Crippen LogP contribution in [0.4, 0.5) is 18.9 Å². The van der Waals surface area contributed by atoms with E-state index in [4.69, 9.17) is 16.3 Å². The molecule has 0 unspecified atom stereocenters. The monoisotopic (exact) mass is 407 g/mol. The number of rotatable bonds is 5. The highest BCUT2D eigenvalue weighted by molar-refractivity contribution is 6.31. The van der Waals surface area contributed by atoms with Crippen LogP contribution in [0, 0.1) is 0 Å². The zero-order chi connectivity index (χ0) is 20.3. The molecule has 3 aromatic carbocycles. The van der Waals surface area contributed by atoms with E-state index in [1.165, 1.54) is 6.07 Å². The van der Waals surface area contributed by atoms with E-state index in [0.29, 0.717) is 12.2 Å². The molecule has 3 nitrogen and oxygen atoms in total. The van der Waals surface area contributed by atoms with E-state index in [1.54, 1.807) is 13.0 Å². The molecule has 28 heavy (non-hydrogen) atoms. The van der Waals surface area contributed by atoms with Crippen molar-refractivity contribution in [3.63, 3.8) is 0 Å². The molecule has 0 saturated heterocycles. The third-order valence-electron chi connectivity index (χ3n) is 4.20. The Hall–Kier alpha value is -2.73. The van der Waals surface area contributed by atoms with Gasteiger partial charge >= 0.3 is 6.18 Å². The number of benzene rings is 3. The summed E-state index contributed by atoms with van der Waals surface area (Å²) in [7, 11) is 0. The molecule has 1 atom stereocenters. The predicted molar refractivity (Wildman–Crippen MR) is 104 cm³/mol. The molecule has 0 radical (unpaired) electrons. The molecule has 0 fully saturated rings. The Morgan fingerprint density at radius 2 is 1.79 bits per heavy atom. The van der Waals surface area contributed by atoms with Crippen molar-refractivity contribution in [2.45, 2.75) is 25.6 Å². The fraction of sp³-hybridized carbons (Fsp3) is 0.190. The minimum atomic E-state index is -4.61. The first-order valence-electron chi connectivity index (χ1n) is 8.61. The van der Waals surface area contributed by atoms with Crippen molar-refractivity contribution < 1.29 is 22.7 Å². The van der Waals surface area contributed by atoms with Crippen LogP contribution in [0.2, 0.25) is 5.02 Å². The first-order valence-corrected chi connectivity index (χ1v) is 8.99. The standard InChI is InChI=1S/C21H17ClF3NO2/c1-2-19(28-16-9-7-13-5-3-4-6-14(13)11-16)20(27)26-15-8-10-18(22)17(12-15)21(23,24)25/h3-12,19H,2H2,1H3,(H,26,27)/t19-/m0/s1. The van der Waals surface area contributed by atoms with E-state index in [9.17, 15) is 18.0 Å². The van der Waals surface area contributed by atoms with E-state index in [1.807, 2.05) is 36.4 Å². The lowest BCUT2D eigenvalue weighted by Gasteiger charge is -2.18. The smallest absolute Gasteiger partial charge is 0.417 e. The molecule has 0 spiro atoms. The number of nitrogens with one attached hydrogen (secondary N) is 1. The molecule has 0 heterocycles. The summed E-state index contributed by atoms with van der Waals surface area (Å²) in [6.45, 7) is 1.76. The number of anilines is 1. The largest absolute Gasteiger partial charge is 0.481 e. The second-order valence-corrected chi connectivity index (χ2v) is 6.61. The van der Waals surface area contributed by atoms with Crippen LogP contribution in [-0.2, 0) is 11.0 Å². The van der Waals surface area contributed by atoms with Gasteiger partial charge < -0.3 is 10.1 Å². The van der Waals surface area contributed by atoms with Crippen LogP contribution in [0.1, 0.15) is 18.9 Å². The summed E-state index contributed by atoms with van der Waals surface area (Å²) < 4.78 is 44.7. The van der Waals surface area contributed by atoms with Crippen molar-refractivity contribution in [2.24, 2.45) is 0 Å². The van der Waals surface area contributed by atoms with Crippen LogP contribution in [-0.4, -0.2) is 12.0 Å². The lowest BCUT2D eigenvalue weighted by Crippen LogP contribution is -2.32. The van der Waals surface area contributed by atoms with Crippen molar-refractivity contribution >= 4 is 34.0 Å². The first-order chi connectivity index (χ1) is 13.3. The summed E-state index contributed by atoms with van der Waals surface area (Å²) >= 11 is 5.60. The van der Waals surface area contributed by atoms with Gasteiger partial charge in [0.15, 0.2) is 6.10 Å². The lowest BCUT2D eigenvalue weighted by atomic mass is 10.1. The van der Waals surface area contributed by atoms with Gasteiger partial charge in [0, 0.05) is 5.69 Å². The summed E-state index contributed by atoms with van der Waals surface area (Å²) in [6.07, 6.45) is -5.12. The number of fused-ring (bicyclic) bond motifs is 1. The van der Waals surface area contributed by atoms with Crippen molar-refractivity contribution in [1.29, 1.82) is 0 Å². The summed E-state index contributed by atoms with van der Waals surface area (Å²) in [5.41, 5.74) is -1.00. The Balaban J connectivity index is 1.76. The fourth-order valence-corrected chi connectivity index (χ4v) is 2.99. The Morgan fingerprint density at radius 3 is 2.46 bits per heavy atom. The topological polar surface area (TPSA) is 38.3 Å². The number of hydrogen-bond acceptors (Lipinski definition) is 2.